The molecule has 6 heteroatoms. The highest BCUT2D eigenvalue weighted by Gasteiger charge is 2.22. The lowest BCUT2D eigenvalue weighted by Gasteiger charge is -2.16. The van der Waals surface area contributed by atoms with Crippen LogP contribution in [-0.4, -0.2) is 27.2 Å². The normalized spacial score (nSPS) is 11.9. The summed E-state index contributed by atoms with van der Waals surface area (Å²) >= 11 is 0. The lowest BCUT2D eigenvalue weighted by molar-refractivity contribution is -0.153. The molecular formula is C18H27N3O3. The number of aliphatic hydroxyl groups is 1. The second-order valence-corrected chi connectivity index (χ2v) is 6.96. The second-order valence-electron chi connectivity index (χ2n) is 6.96. The van der Waals surface area contributed by atoms with E-state index in [1.54, 1.807) is 0 Å². The number of ether oxygens (including phenoxy) is 1. The number of rotatable bonds is 7. The molecule has 0 aliphatic rings. The highest BCUT2D eigenvalue weighted by molar-refractivity contribution is 5.77. The van der Waals surface area contributed by atoms with Crippen molar-refractivity contribution < 1.29 is 14.6 Å². The largest absolute Gasteiger partial charge is 0.465 e. The first kappa shape index (κ1) is 18.4. The number of esters is 1. The van der Waals surface area contributed by atoms with Crippen molar-refractivity contribution in [1.29, 1.82) is 0 Å². The van der Waals surface area contributed by atoms with Gasteiger partial charge in [0.2, 0.25) is 0 Å². The van der Waals surface area contributed by atoms with Crippen molar-refractivity contribution in [2.24, 2.45) is 11.1 Å². The van der Waals surface area contributed by atoms with Crippen LogP contribution in [0.15, 0.2) is 18.2 Å². The minimum atomic E-state index is -0.467. The molecule has 0 aliphatic heterocycles. The summed E-state index contributed by atoms with van der Waals surface area (Å²) < 4.78 is 7.29. The lowest BCUT2D eigenvalue weighted by atomic mass is 9.97. The number of hydrogen-bond acceptors (Lipinski definition) is 5. The van der Waals surface area contributed by atoms with Crippen molar-refractivity contribution in [3.05, 3.63) is 29.6 Å². The summed E-state index contributed by atoms with van der Waals surface area (Å²) in [7, 11) is 0. The van der Waals surface area contributed by atoms with Gasteiger partial charge < -0.3 is 20.1 Å². The van der Waals surface area contributed by atoms with Gasteiger partial charge in [0.25, 0.3) is 0 Å². The van der Waals surface area contributed by atoms with E-state index in [9.17, 15) is 9.90 Å². The van der Waals surface area contributed by atoms with E-state index in [0.717, 1.165) is 36.0 Å². The van der Waals surface area contributed by atoms with Crippen LogP contribution < -0.4 is 5.73 Å². The minimum absolute atomic E-state index is 0.106. The van der Waals surface area contributed by atoms with Gasteiger partial charge in [-0.3, -0.25) is 4.79 Å². The molecule has 0 bridgehead atoms. The Hall–Kier alpha value is -1.92. The number of nitrogens with zero attached hydrogens (tertiary/aromatic N) is 2. The third kappa shape index (κ3) is 4.33. The van der Waals surface area contributed by atoms with Gasteiger partial charge in [0.1, 0.15) is 12.4 Å². The summed E-state index contributed by atoms with van der Waals surface area (Å²) in [6, 6.07) is 5.92. The number of benzene rings is 1. The Bertz CT molecular complexity index is 701. The fourth-order valence-corrected chi connectivity index (χ4v) is 2.48. The second kappa shape index (κ2) is 7.77. The predicted molar refractivity (Wildman–Crippen MR) is 93.2 cm³/mol. The van der Waals surface area contributed by atoms with Crippen LogP contribution in [0.5, 0.6) is 0 Å². The number of nitrogens with two attached hydrogens (primary N) is 1. The van der Waals surface area contributed by atoms with Gasteiger partial charge in [-0.25, -0.2) is 4.98 Å². The molecule has 3 N–H and O–H groups in total. The molecule has 6 nitrogen and oxygen atoms in total. The number of aromatic nitrogens is 2. The number of carbonyl (C=O) groups is 1. The van der Waals surface area contributed by atoms with Gasteiger partial charge in [-0.15, -0.1) is 0 Å². The van der Waals surface area contributed by atoms with Crippen LogP contribution in [0.2, 0.25) is 0 Å². The summed E-state index contributed by atoms with van der Waals surface area (Å²) in [5, 5.41) is 9.53. The molecule has 0 atom stereocenters. The highest BCUT2D eigenvalue weighted by Crippen LogP contribution is 2.19. The monoisotopic (exact) mass is 333 g/mol. The van der Waals surface area contributed by atoms with E-state index in [1.807, 2.05) is 43.5 Å². The summed E-state index contributed by atoms with van der Waals surface area (Å²) in [6.07, 6.45) is 1.61. The molecule has 0 saturated carbocycles. The first-order valence-corrected chi connectivity index (χ1v) is 8.33. The number of carbonyl (C=O) groups excluding carboxylic acids is 1. The third-order valence-corrected chi connectivity index (χ3v) is 3.89. The van der Waals surface area contributed by atoms with E-state index in [2.05, 4.69) is 4.98 Å². The SMILES string of the molecule is CC(C)(C)C(=O)OCCCCn1c(CO)nc2cc(CN)ccc21. The Balaban J connectivity index is 1.96. The molecule has 1 aromatic carbocycles. The maximum Gasteiger partial charge on any atom is 0.311 e. The molecule has 0 spiro atoms. The van der Waals surface area contributed by atoms with Crippen LogP contribution in [0.1, 0.15) is 45.0 Å². The molecule has 0 saturated heterocycles. The molecule has 0 amide bonds. The number of aryl methyl sites for hydroxylation is 1. The third-order valence-electron chi connectivity index (χ3n) is 3.89. The van der Waals surface area contributed by atoms with Crippen LogP contribution in [0.3, 0.4) is 0 Å². The van der Waals surface area contributed by atoms with E-state index < -0.39 is 5.41 Å². The zero-order valence-electron chi connectivity index (χ0n) is 14.7. The first-order chi connectivity index (χ1) is 11.4. The van der Waals surface area contributed by atoms with Crippen molar-refractivity contribution in [3.8, 4) is 0 Å². The van der Waals surface area contributed by atoms with Crippen LogP contribution in [-0.2, 0) is 29.2 Å². The highest BCUT2D eigenvalue weighted by atomic mass is 16.5. The molecule has 24 heavy (non-hydrogen) atoms. The first-order valence-electron chi connectivity index (χ1n) is 8.33. The molecule has 0 radical (unpaired) electrons. The Kier molecular flexibility index (Phi) is 5.96. The topological polar surface area (TPSA) is 90.4 Å². The standard InChI is InChI=1S/C18H27N3O3/c1-18(2,3)17(23)24-9-5-4-8-21-15-7-6-13(11-19)10-14(15)20-16(21)12-22/h6-7,10,22H,4-5,8-9,11-12,19H2,1-3H3. The van der Waals surface area contributed by atoms with Crippen molar-refractivity contribution in [2.45, 2.75) is 53.3 Å². The van der Waals surface area contributed by atoms with Gasteiger partial charge in [0.05, 0.1) is 23.1 Å². The summed E-state index contributed by atoms with van der Waals surface area (Å²) in [5.74, 6) is 0.465. The molecule has 2 rings (SSSR count). The van der Waals surface area contributed by atoms with E-state index >= 15 is 0 Å². The van der Waals surface area contributed by atoms with Crippen LogP contribution in [0, 0.1) is 5.41 Å². The molecule has 2 aromatic rings. The van der Waals surface area contributed by atoms with Gasteiger partial charge in [-0.2, -0.15) is 0 Å². The minimum Gasteiger partial charge on any atom is -0.465 e. The van der Waals surface area contributed by atoms with E-state index in [0.29, 0.717) is 19.0 Å². The quantitative estimate of drug-likeness (QED) is 0.599. The number of hydrogen-bond donors (Lipinski definition) is 2. The number of imidazole rings is 1. The Labute approximate surface area is 142 Å². The average molecular weight is 333 g/mol. The fraction of sp³-hybridized carbons (Fsp3) is 0.556. The van der Waals surface area contributed by atoms with E-state index in [1.165, 1.54) is 0 Å². The van der Waals surface area contributed by atoms with Crippen LogP contribution >= 0.6 is 0 Å². The Morgan fingerprint density at radius 3 is 2.71 bits per heavy atom. The summed E-state index contributed by atoms with van der Waals surface area (Å²) in [5.41, 5.74) is 8.05. The Morgan fingerprint density at radius 2 is 2.08 bits per heavy atom. The Morgan fingerprint density at radius 1 is 1.33 bits per heavy atom. The number of aliphatic hydroxyl groups excluding tert-OH is 1. The van der Waals surface area contributed by atoms with Gasteiger partial charge in [-0.1, -0.05) is 6.07 Å². The van der Waals surface area contributed by atoms with Gasteiger partial charge >= 0.3 is 5.97 Å². The molecule has 1 heterocycles. The average Bonchev–Trinajstić information content (AvgIpc) is 2.90. The van der Waals surface area contributed by atoms with Crippen molar-refractivity contribution >= 4 is 17.0 Å². The number of unbranched alkanes of at least 4 members (excludes halogenated alkanes) is 1. The fourth-order valence-electron chi connectivity index (χ4n) is 2.48. The van der Waals surface area contributed by atoms with E-state index in [-0.39, 0.29) is 12.6 Å². The predicted octanol–water partition coefficient (Wildman–Crippen LogP) is 2.36. The smallest absolute Gasteiger partial charge is 0.311 e. The van der Waals surface area contributed by atoms with Crippen LogP contribution in [0.4, 0.5) is 0 Å². The van der Waals surface area contributed by atoms with Crippen LogP contribution in [0.25, 0.3) is 11.0 Å². The molecule has 1 aromatic heterocycles. The number of fused-ring (bicyclic) bond motifs is 1. The summed E-state index contributed by atoms with van der Waals surface area (Å²) in [6.45, 7) is 7.03. The van der Waals surface area contributed by atoms with Gasteiger partial charge in [0, 0.05) is 13.1 Å². The van der Waals surface area contributed by atoms with Crippen molar-refractivity contribution in [3.63, 3.8) is 0 Å². The lowest BCUT2D eigenvalue weighted by Crippen LogP contribution is -2.23. The molecule has 0 unspecified atom stereocenters. The molecule has 0 fully saturated rings. The molecular weight excluding hydrogens is 306 g/mol. The van der Waals surface area contributed by atoms with Gasteiger partial charge in [-0.05, 0) is 51.3 Å². The maximum absolute atomic E-state index is 11.7. The zero-order valence-corrected chi connectivity index (χ0v) is 14.7. The maximum atomic E-state index is 11.7. The molecule has 132 valence electrons. The van der Waals surface area contributed by atoms with Crippen molar-refractivity contribution in [1.82, 2.24) is 9.55 Å². The summed E-state index contributed by atoms with van der Waals surface area (Å²) in [4.78, 5) is 16.2. The van der Waals surface area contributed by atoms with Gasteiger partial charge in [0.15, 0.2) is 0 Å². The zero-order chi connectivity index (χ0) is 17.7. The van der Waals surface area contributed by atoms with E-state index in [4.69, 9.17) is 10.5 Å². The van der Waals surface area contributed by atoms with Crippen molar-refractivity contribution in [2.75, 3.05) is 6.61 Å². The molecule has 0 aliphatic carbocycles.